The molecular weight excluding hydrogens is 569 g/mol. The highest BCUT2D eigenvalue weighted by atomic mass is 32.2. The van der Waals surface area contributed by atoms with Crippen molar-refractivity contribution in [3.63, 3.8) is 0 Å². The summed E-state index contributed by atoms with van der Waals surface area (Å²) in [6.07, 6.45) is 4.67. The van der Waals surface area contributed by atoms with Crippen molar-refractivity contribution in [2.75, 3.05) is 19.6 Å². The Hall–Kier alpha value is -2.78. The van der Waals surface area contributed by atoms with Gasteiger partial charge in [-0.15, -0.1) is 0 Å². The first-order valence-corrected chi connectivity index (χ1v) is 16.6. The molecule has 0 radical (unpaired) electrons. The monoisotopic (exact) mass is 596 g/mol. The van der Waals surface area contributed by atoms with Gasteiger partial charge in [0.1, 0.15) is 20.1 Å². The number of para-hydroxylation sites is 4. The van der Waals surface area contributed by atoms with Crippen molar-refractivity contribution in [3.8, 4) is 0 Å². The first-order valence-electron chi connectivity index (χ1n) is 13.4. The van der Waals surface area contributed by atoms with E-state index < -0.39 is 0 Å². The Kier molecular flexibility index (Phi) is 5.53. The highest BCUT2D eigenvalue weighted by Crippen LogP contribution is 2.61. The second kappa shape index (κ2) is 8.86. The van der Waals surface area contributed by atoms with Gasteiger partial charge in [0.05, 0.1) is 22.7 Å². The van der Waals surface area contributed by atoms with Gasteiger partial charge in [0, 0.05) is 42.4 Å². The minimum absolute atomic E-state index is 1.26. The number of fused-ring (bicyclic) bond motifs is 10. The van der Waals surface area contributed by atoms with E-state index in [1.807, 2.05) is 47.0 Å². The average molecular weight is 597 g/mol. The molecule has 6 heterocycles. The van der Waals surface area contributed by atoms with Gasteiger partial charge in [0.15, 0.2) is 0 Å². The van der Waals surface area contributed by atoms with Gasteiger partial charge in [0.25, 0.3) is 0 Å². The molecule has 4 nitrogen and oxygen atoms in total. The topological polar surface area (TPSA) is 13.0 Å². The van der Waals surface area contributed by atoms with Gasteiger partial charge in [0.2, 0.25) is 0 Å². The molecule has 0 fully saturated rings. The fourth-order valence-electron chi connectivity index (χ4n) is 5.98. The molecule has 2 aromatic rings. The van der Waals surface area contributed by atoms with Gasteiger partial charge in [-0.2, -0.15) is 0 Å². The van der Waals surface area contributed by atoms with E-state index in [1.165, 1.54) is 85.3 Å². The lowest BCUT2D eigenvalue weighted by atomic mass is 10.1. The zero-order valence-corrected chi connectivity index (χ0v) is 26.5. The molecule has 0 saturated heterocycles. The summed E-state index contributed by atoms with van der Waals surface area (Å²) in [4.78, 5) is 15.2. The van der Waals surface area contributed by atoms with E-state index >= 15 is 0 Å². The van der Waals surface area contributed by atoms with Crippen molar-refractivity contribution in [1.82, 2.24) is 0 Å². The van der Waals surface area contributed by atoms with Crippen LogP contribution < -0.4 is 19.6 Å². The smallest absolute Gasteiger partial charge is 0.116 e. The van der Waals surface area contributed by atoms with Crippen molar-refractivity contribution in [2.45, 2.75) is 41.5 Å². The summed E-state index contributed by atoms with van der Waals surface area (Å²) in [6, 6.07) is 17.6. The molecule has 0 atom stereocenters. The number of anilines is 4. The molecule has 40 heavy (non-hydrogen) atoms. The third-order valence-corrected chi connectivity index (χ3v) is 13.3. The van der Waals surface area contributed by atoms with E-state index in [-0.39, 0.29) is 0 Å². The molecule has 200 valence electrons. The lowest BCUT2D eigenvalue weighted by molar-refractivity contribution is 1.04. The van der Waals surface area contributed by atoms with Gasteiger partial charge < -0.3 is 19.6 Å². The van der Waals surface area contributed by atoms with E-state index in [1.54, 1.807) is 0 Å². The molecule has 0 aliphatic carbocycles. The fourth-order valence-corrected chi connectivity index (χ4v) is 10.7. The molecule has 6 aliphatic rings. The van der Waals surface area contributed by atoms with Gasteiger partial charge in [-0.05, 0) is 78.0 Å². The van der Waals surface area contributed by atoms with Crippen molar-refractivity contribution in [3.05, 3.63) is 123 Å². The van der Waals surface area contributed by atoms with Crippen molar-refractivity contribution < 1.29 is 0 Å². The minimum Gasteiger partial charge on any atom is -0.304 e. The summed E-state index contributed by atoms with van der Waals surface area (Å²) in [5.74, 6) is 0. The maximum absolute atomic E-state index is 2.46. The molecule has 6 aliphatic heterocycles. The lowest BCUT2D eigenvalue weighted by Gasteiger charge is -2.36. The summed E-state index contributed by atoms with van der Waals surface area (Å²) in [6.45, 7) is 13.5. The Balaban J connectivity index is 1.18. The van der Waals surface area contributed by atoms with E-state index in [9.17, 15) is 0 Å². The number of nitrogens with zero attached hydrogens (tertiary/aromatic N) is 4. The molecule has 0 saturated carbocycles. The van der Waals surface area contributed by atoms with Gasteiger partial charge in [-0.3, -0.25) is 0 Å². The third kappa shape index (κ3) is 3.27. The van der Waals surface area contributed by atoms with Gasteiger partial charge >= 0.3 is 0 Å². The fraction of sp³-hybridized carbons (Fsp3) is 0.188. The van der Waals surface area contributed by atoms with E-state index in [2.05, 4.69) is 122 Å². The third-order valence-electron chi connectivity index (χ3n) is 8.28. The Bertz CT molecular complexity index is 1660. The first kappa shape index (κ1) is 25.0. The Morgan fingerprint density at radius 1 is 0.425 bits per heavy atom. The van der Waals surface area contributed by atoms with Crippen molar-refractivity contribution in [1.29, 1.82) is 0 Å². The lowest BCUT2D eigenvalue weighted by Crippen LogP contribution is -2.29. The van der Waals surface area contributed by atoms with Crippen LogP contribution in [-0.4, -0.2) is 0 Å². The summed E-state index contributed by atoms with van der Waals surface area (Å²) in [7, 11) is 0. The molecule has 0 unspecified atom stereocenters. The maximum atomic E-state index is 2.46. The van der Waals surface area contributed by atoms with Crippen LogP contribution in [0.1, 0.15) is 41.5 Å². The minimum atomic E-state index is 1.26. The second-order valence-corrected chi connectivity index (χ2v) is 14.9. The largest absolute Gasteiger partial charge is 0.304 e. The van der Waals surface area contributed by atoms with E-state index in [4.69, 9.17) is 0 Å². The standard InChI is InChI=1S/C32H28N4S4/c1-17-21(5)37-29-31-35(25-13-9-7-11-23(25)33(17)29)19(3)27(39-31)15-16-28-20(4)36-26-14-10-8-12-24(26)34-18(2)22(6)38-30(34)32(36)40-28/h7-16H,1-6H3/b16-15+. The predicted molar refractivity (Wildman–Crippen MR) is 179 cm³/mol. The molecule has 8 heteroatoms. The molecule has 0 spiro atoms. The highest BCUT2D eigenvalue weighted by molar-refractivity contribution is 8.11. The molecule has 0 bridgehead atoms. The summed E-state index contributed by atoms with van der Waals surface area (Å²) < 4.78 is 0. The quantitative estimate of drug-likeness (QED) is 0.335. The first-order chi connectivity index (χ1) is 19.3. The molecule has 2 aromatic carbocycles. The van der Waals surface area contributed by atoms with E-state index in [0.717, 1.165) is 0 Å². The molecule has 0 N–H and O–H groups in total. The summed E-state index contributed by atoms with van der Waals surface area (Å²) in [5, 5.41) is 5.27. The normalized spacial score (nSPS) is 21.4. The van der Waals surface area contributed by atoms with Crippen LogP contribution in [0.15, 0.2) is 123 Å². The Morgan fingerprint density at radius 3 is 1.07 bits per heavy atom. The zero-order valence-electron chi connectivity index (χ0n) is 23.2. The van der Waals surface area contributed by atoms with Crippen LogP contribution in [0.3, 0.4) is 0 Å². The van der Waals surface area contributed by atoms with Crippen molar-refractivity contribution >= 4 is 69.8 Å². The number of hydrogen-bond donors (Lipinski definition) is 0. The second-order valence-electron chi connectivity index (χ2n) is 10.5. The summed E-state index contributed by atoms with van der Waals surface area (Å²) in [5.41, 5.74) is 10.3. The van der Waals surface area contributed by atoms with Crippen LogP contribution in [0.25, 0.3) is 0 Å². The van der Waals surface area contributed by atoms with Crippen LogP contribution >= 0.6 is 47.0 Å². The van der Waals surface area contributed by atoms with Gasteiger partial charge in [-0.25, -0.2) is 0 Å². The SMILES string of the molecule is CC1=C(C)N2C(=C3SC(/C=C/C4=C(C)N5C(=C6SC(C)=C(C)N6c6ccccc65)S4)=C(C)N3c3ccccc32)S1. The molecule has 8 rings (SSSR count). The number of rotatable bonds is 2. The van der Waals surface area contributed by atoms with Crippen LogP contribution in [0.2, 0.25) is 0 Å². The van der Waals surface area contributed by atoms with Crippen LogP contribution in [0.5, 0.6) is 0 Å². The number of thioether (sulfide) groups is 4. The molecule has 0 amide bonds. The van der Waals surface area contributed by atoms with Gasteiger partial charge in [-0.1, -0.05) is 71.3 Å². The number of hydrogen-bond acceptors (Lipinski definition) is 8. The van der Waals surface area contributed by atoms with Crippen molar-refractivity contribution in [2.24, 2.45) is 0 Å². The molecular formula is C32H28N4S4. The Labute approximate surface area is 252 Å². The van der Waals surface area contributed by atoms with Crippen LogP contribution in [-0.2, 0) is 0 Å². The predicted octanol–water partition coefficient (Wildman–Crippen LogP) is 10.4. The number of benzene rings is 2. The Morgan fingerprint density at radius 2 is 0.725 bits per heavy atom. The number of allylic oxidation sites excluding steroid dienone is 8. The highest BCUT2D eigenvalue weighted by Gasteiger charge is 2.42. The van der Waals surface area contributed by atoms with Crippen LogP contribution in [0, 0.1) is 0 Å². The maximum Gasteiger partial charge on any atom is 0.116 e. The molecule has 0 aromatic heterocycles. The van der Waals surface area contributed by atoms with Crippen LogP contribution in [0.4, 0.5) is 22.7 Å². The average Bonchev–Trinajstić information content (AvgIpc) is 3.66. The summed E-state index contributed by atoms with van der Waals surface area (Å²) >= 11 is 7.58. The zero-order chi connectivity index (χ0) is 27.4. The van der Waals surface area contributed by atoms with E-state index in [0.29, 0.717) is 0 Å².